The molecule has 0 radical (unpaired) electrons. The fourth-order valence-corrected chi connectivity index (χ4v) is 3.20. The van der Waals surface area contributed by atoms with Crippen molar-refractivity contribution in [2.75, 3.05) is 19.7 Å². The summed E-state index contributed by atoms with van der Waals surface area (Å²) in [6.07, 6.45) is -0.382. The SMILES string of the molecule is Cc1nc([C@@H]2CN(C(=O)c3scnc3C)CCO2)cc(=O)[nH]1. The summed E-state index contributed by atoms with van der Waals surface area (Å²) in [7, 11) is 0. The summed E-state index contributed by atoms with van der Waals surface area (Å²) in [5, 5.41) is 0. The van der Waals surface area contributed by atoms with E-state index in [1.54, 1.807) is 17.3 Å². The number of morpholine rings is 1. The Labute approximate surface area is 131 Å². The van der Waals surface area contributed by atoms with E-state index in [1.807, 2.05) is 6.92 Å². The van der Waals surface area contributed by atoms with Crippen LogP contribution in [0.2, 0.25) is 0 Å². The normalized spacial score (nSPS) is 18.5. The molecule has 0 aromatic carbocycles. The van der Waals surface area contributed by atoms with Crippen LogP contribution in [0.5, 0.6) is 0 Å². The van der Waals surface area contributed by atoms with Crippen molar-refractivity contribution < 1.29 is 9.53 Å². The Kier molecular flexibility index (Phi) is 4.04. The van der Waals surface area contributed by atoms with E-state index < -0.39 is 0 Å². The highest BCUT2D eigenvalue weighted by atomic mass is 32.1. The van der Waals surface area contributed by atoms with E-state index in [-0.39, 0.29) is 17.6 Å². The molecule has 1 aliphatic heterocycles. The van der Waals surface area contributed by atoms with Gasteiger partial charge in [0, 0.05) is 12.6 Å². The van der Waals surface area contributed by atoms with Gasteiger partial charge >= 0.3 is 0 Å². The standard InChI is InChI=1S/C14H16N4O3S/c1-8-13(22-7-15-8)14(20)18-3-4-21-11(6-18)10-5-12(19)17-9(2)16-10/h5,7,11H,3-4,6H2,1-2H3,(H,16,17,19)/t11-/m0/s1. The maximum atomic E-state index is 12.5. The van der Waals surface area contributed by atoms with Crippen LogP contribution in [0.25, 0.3) is 0 Å². The molecule has 3 rings (SSSR count). The number of nitrogens with one attached hydrogen (secondary N) is 1. The minimum absolute atomic E-state index is 0.0464. The van der Waals surface area contributed by atoms with Crippen molar-refractivity contribution in [1.82, 2.24) is 19.9 Å². The molecule has 116 valence electrons. The van der Waals surface area contributed by atoms with Gasteiger partial charge in [-0.3, -0.25) is 9.59 Å². The number of carbonyl (C=O) groups is 1. The van der Waals surface area contributed by atoms with Crippen LogP contribution in [0.4, 0.5) is 0 Å². The van der Waals surface area contributed by atoms with E-state index in [2.05, 4.69) is 15.0 Å². The van der Waals surface area contributed by atoms with E-state index in [1.165, 1.54) is 17.4 Å². The number of aromatic amines is 1. The minimum Gasteiger partial charge on any atom is -0.368 e. The van der Waals surface area contributed by atoms with Gasteiger partial charge in [0.15, 0.2) is 0 Å². The molecule has 0 unspecified atom stereocenters. The monoisotopic (exact) mass is 320 g/mol. The Bertz CT molecular complexity index is 755. The molecule has 2 aromatic heterocycles. The van der Waals surface area contributed by atoms with Gasteiger partial charge in [-0.15, -0.1) is 11.3 Å². The number of aromatic nitrogens is 3. The third-order valence-corrected chi connectivity index (χ3v) is 4.42. The Morgan fingerprint density at radius 3 is 3.00 bits per heavy atom. The third kappa shape index (κ3) is 2.93. The Morgan fingerprint density at radius 1 is 1.50 bits per heavy atom. The second-order valence-corrected chi connectivity index (χ2v) is 5.99. The molecule has 22 heavy (non-hydrogen) atoms. The molecule has 1 saturated heterocycles. The van der Waals surface area contributed by atoms with Crippen LogP contribution in [0.1, 0.15) is 33.0 Å². The maximum absolute atomic E-state index is 12.5. The summed E-state index contributed by atoms with van der Waals surface area (Å²) in [5.74, 6) is 0.489. The smallest absolute Gasteiger partial charge is 0.266 e. The van der Waals surface area contributed by atoms with E-state index in [0.717, 1.165) is 5.69 Å². The highest BCUT2D eigenvalue weighted by molar-refractivity contribution is 7.11. The molecule has 1 amide bonds. The summed E-state index contributed by atoms with van der Waals surface area (Å²) in [6, 6.07) is 1.42. The summed E-state index contributed by atoms with van der Waals surface area (Å²) < 4.78 is 5.68. The van der Waals surface area contributed by atoms with Crippen molar-refractivity contribution in [2.45, 2.75) is 20.0 Å². The molecule has 1 aliphatic rings. The molecule has 2 aromatic rings. The molecule has 3 heterocycles. The van der Waals surface area contributed by atoms with Gasteiger partial charge < -0.3 is 14.6 Å². The first-order valence-electron chi connectivity index (χ1n) is 6.93. The summed E-state index contributed by atoms with van der Waals surface area (Å²) >= 11 is 1.34. The zero-order valence-corrected chi connectivity index (χ0v) is 13.1. The second-order valence-electron chi connectivity index (χ2n) is 5.13. The zero-order chi connectivity index (χ0) is 15.7. The van der Waals surface area contributed by atoms with Crippen molar-refractivity contribution in [3.8, 4) is 0 Å². The Morgan fingerprint density at radius 2 is 2.32 bits per heavy atom. The number of carbonyl (C=O) groups excluding carboxylic acids is 1. The third-order valence-electron chi connectivity index (χ3n) is 3.50. The molecule has 1 fully saturated rings. The van der Waals surface area contributed by atoms with Crippen molar-refractivity contribution in [1.29, 1.82) is 0 Å². The van der Waals surface area contributed by atoms with Crippen molar-refractivity contribution in [3.63, 3.8) is 0 Å². The lowest BCUT2D eigenvalue weighted by Crippen LogP contribution is -2.42. The first-order chi connectivity index (χ1) is 10.5. The van der Waals surface area contributed by atoms with E-state index in [9.17, 15) is 9.59 Å². The van der Waals surface area contributed by atoms with Crippen LogP contribution in [0.3, 0.4) is 0 Å². The van der Waals surface area contributed by atoms with E-state index in [4.69, 9.17) is 4.74 Å². The van der Waals surface area contributed by atoms with Crippen LogP contribution < -0.4 is 5.56 Å². The number of hydrogen-bond donors (Lipinski definition) is 1. The van der Waals surface area contributed by atoms with Gasteiger partial charge in [-0.1, -0.05) is 0 Å². The maximum Gasteiger partial charge on any atom is 0.266 e. The van der Waals surface area contributed by atoms with Crippen LogP contribution in [0, 0.1) is 13.8 Å². The van der Waals surface area contributed by atoms with Crippen molar-refractivity contribution in [3.05, 3.63) is 44.0 Å². The van der Waals surface area contributed by atoms with Gasteiger partial charge in [0.1, 0.15) is 16.8 Å². The summed E-state index contributed by atoms with van der Waals surface area (Å²) in [6.45, 7) is 4.86. The average Bonchev–Trinajstić information content (AvgIpc) is 2.92. The molecule has 1 N–H and O–H groups in total. The molecular formula is C14H16N4O3S. The summed E-state index contributed by atoms with van der Waals surface area (Å²) in [5.41, 5.74) is 2.75. The van der Waals surface area contributed by atoms with E-state index in [0.29, 0.717) is 36.1 Å². The van der Waals surface area contributed by atoms with Crippen LogP contribution in [0.15, 0.2) is 16.4 Å². The lowest BCUT2D eigenvalue weighted by Gasteiger charge is -2.32. The highest BCUT2D eigenvalue weighted by Crippen LogP contribution is 2.23. The fraction of sp³-hybridized carbons (Fsp3) is 0.429. The van der Waals surface area contributed by atoms with Crippen molar-refractivity contribution in [2.24, 2.45) is 0 Å². The second kappa shape index (κ2) is 5.98. The molecule has 0 bridgehead atoms. The number of amides is 1. The summed E-state index contributed by atoms with van der Waals surface area (Å²) in [4.78, 5) is 37.5. The average molecular weight is 320 g/mol. The molecule has 8 heteroatoms. The van der Waals surface area contributed by atoms with Gasteiger partial charge in [0.2, 0.25) is 0 Å². The number of thiazole rings is 1. The quantitative estimate of drug-likeness (QED) is 0.894. The lowest BCUT2D eigenvalue weighted by molar-refractivity contribution is -0.0247. The largest absolute Gasteiger partial charge is 0.368 e. The van der Waals surface area contributed by atoms with Crippen molar-refractivity contribution >= 4 is 17.2 Å². The van der Waals surface area contributed by atoms with Gasteiger partial charge in [-0.25, -0.2) is 9.97 Å². The van der Waals surface area contributed by atoms with Gasteiger partial charge in [0.05, 0.1) is 30.1 Å². The molecule has 0 aliphatic carbocycles. The number of aryl methyl sites for hydroxylation is 2. The number of H-pyrrole nitrogens is 1. The van der Waals surface area contributed by atoms with Gasteiger partial charge in [0.25, 0.3) is 11.5 Å². The highest BCUT2D eigenvalue weighted by Gasteiger charge is 2.28. The fourth-order valence-electron chi connectivity index (χ4n) is 2.43. The van der Waals surface area contributed by atoms with Gasteiger partial charge in [-0.2, -0.15) is 0 Å². The predicted octanol–water partition coefficient (Wildman–Crippen LogP) is 1.06. The molecule has 0 spiro atoms. The zero-order valence-electron chi connectivity index (χ0n) is 12.3. The molecule has 7 nitrogen and oxygen atoms in total. The van der Waals surface area contributed by atoms with Gasteiger partial charge in [-0.05, 0) is 13.8 Å². The topological polar surface area (TPSA) is 88.2 Å². The lowest BCUT2D eigenvalue weighted by atomic mass is 10.2. The Hall–Kier alpha value is -2.06. The number of rotatable bonds is 2. The number of hydrogen-bond acceptors (Lipinski definition) is 6. The molecular weight excluding hydrogens is 304 g/mol. The van der Waals surface area contributed by atoms with Crippen LogP contribution in [-0.4, -0.2) is 45.5 Å². The first kappa shape index (κ1) is 14.9. The number of nitrogens with zero attached hydrogens (tertiary/aromatic N) is 3. The molecule has 1 atom stereocenters. The minimum atomic E-state index is -0.382. The molecule has 0 saturated carbocycles. The number of ether oxygens (including phenoxy) is 1. The Balaban J connectivity index is 1.81. The first-order valence-corrected chi connectivity index (χ1v) is 7.81. The predicted molar refractivity (Wildman–Crippen MR) is 81.0 cm³/mol. The van der Waals surface area contributed by atoms with Crippen LogP contribution >= 0.6 is 11.3 Å². The van der Waals surface area contributed by atoms with E-state index >= 15 is 0 Å². The van der Waals surface area contributed by atoms with Crippen LogP contribution in [-0.2, 0) is 4.74 Å².